The normalized spacial score (nSPS) is 9.79. The number of hydrogen-bond donors (Lipinski definition) is 2. The van der Waals surface area contributed by atoms with Gasteiger partial charge in [0.2, 0.25) is 0 Å². The van der Waals surface area contributed by atoms with Gasteiger partial charge in [-0.3, -0.25) is 0 Å². The summed E-state index contributed by atoms with van der Waals surface area (Å²) in [5, 5.41) is 15.2. The van der Waals surface area contributed by atoms with Gasteiger partial charge in [-0.05, 0) is 25.1 Å². The molecule has 0 radical (unpaired) electrons. The summed E-state index contributed by atoms with van der Waals surface area (Å²) < 4.78 is 0.865. The molecule has 0 bridgehead atoms. The lowest BCUT2D eigenvalue weighted by molar-refractivity contribution is 1.06. The molecular weight excluding hydrogens is 306 g/mol. The van der Waals surface area contributed by atoms with E-state index in [1.807, 2.05) is 19.1 Å². The van der Waals surface area contributed by atoms with E-state index in [9.17, 15) is 0 Å². The zero-order valence-corrected chi connectivity index (χ0v) is 12.1. The van der Waals surface area contributed by atoms with E-state index in [2.05, 4.69) is 42.6 Å². The van der Waals surface area contributed by atoms with E-state index in [0.29, 0.717) is 22.9 Å². The van der Waals surface area contributed by atoms with Crippen LogP contribution >= 0.6 is 15.9 Å². The fourth-order valence-electron chi connectivity index (χ4n) is 1.62. The minimum absolute atomic E-state index is 0.552. The summed E-state index contributed by atoms with van der Waals surface area (Å²) in [5.41, 5.74) is 1.27. The molecule has 5 nitrogen and oxygen atoms in total. The molecule has 1 heterocycles. The number of nitriles is 1. The van der Waals surface area contributed by atoms with Crippen LogP contribution in [0.15, 0.2) is 28.7 Å². The van der Waals surface area contributed by atoms with E-state index < -0.39 is 0 Å². The molecule has 1 aromatic carbocycles. The fourth-order valence-corrected chi connectivity index (χ4v) is 1.98. The van der Waals surface area contributed by atoms with Gasteiger partial charge in [0.25, 0.3) is 0 Å². The second-order valence-corrected chi connectivity index (χ2v) is 4.78. The first-order valence-corrected chi connectivity index (χ1v) is 6.42. The molecule has 0 spiro atoms. The maximum atomic E-state index is 9.12. The molecule has 2 N–H and O–H groups in total. The van der Waals surface area contributed by atoms with E-state index in [1.165, 1.54) is 0 Å². The fraction of sp³-hybridized carbons (Fsp3) is 0.154. The van der Waals surface area contributed by atoms with Gasteiger partial charge in [-0.15, -0.1) is 0 Å². The lowest BCUT2D eigenvalue weighted by atomic mass is 10.2. The Bertz CT molecular complexity index is 648. The molecule has 0 aliphatic carbocycles. The zero-order chi connectivity index (χ0) is 13.8. The molecule has 96 valence electrons. The predicted molar refractivity (Wildman–Crippen MR) is 78.5 cm³/mol. The number of aryl methyl sites for hydroxylation is 1. The van der Waals surface area contributed by atoms with Crippen LogP contribution < -0.4 is 10.6 Å². The molecule has 6 heteroatoms. The molecule has 19 heavy (non-hydrogen) atoms. The molecule has 2 rings (SSSR count). The first-order valence-electron chi connectivity index (χ1n) is 5.62. The minimum Gasteiger partial charge on any atom is -0.373 e. The van der Waals surface area contributed by atoms with Gasteiger partial charge in [0.15, 0.2) is 0 Å². The highest BCUT2D eigenvalue weighted by Crippen LogP contribution is 2.24. The number of nitrogens with zero attached hydrogens (tertiary/aromatic N) is 3. The molecule has 0 saturated heterocycles. The summed E-state index contributed by atoms with van der Waals surface area (Å²) in [6.45, 7) is 1.82. The Morgan fingerprint density at radius 2 is 1.95 bits per heavy atom. The molecule has 0 fully saturated rings. The standard InChI is InChI=1S/C13H12BrN5/c1-8-17-12(16-2)6-13(18-8)19-11-4-3-10(14)5-9(11)7-15/h3-6H,1-2H3,(H2,16,17,18,19). The minimum atomic E-state index is 0.552. The molecule has 2 aromatic rings. The number of hydrogen-bond acceptors (Lipinski definition) is 5. The van der Waals surface area contributed by atoms with E-state index >= 15 is 0 Å². The number of nitrogens with one attached hydrogen (secondary N) is 2. The van der Waals surface area contributed by atoms with Crippen LogP contribution in [-0.2, 0) is 0 Å². The van der Waals surface area contributed by atoms with Crippen LogP contribution in [0.4, 0.5) is 17.3 Å². The molecule has 1 aromatic heterocycles. The Labute approximate surface area is 119 Å². The number of benzene rings is 1. The molecule has 0 amide bonds. The summed E-state index contributed by atoms with van der Waals surface area (Å²) in [7, 11) is 1.80. The predicted octanol–water partition coefficient (Wildman–Crippen LogP) is 3.20. The van der Waals surface area contributed by atoms with Crippen LogP contribution in [0.25, 0.3) is 0 Å². The van der Waals surface area contributed by atoms with Gasteiger partial charge in [0.1, 0.15) is 23.5 Å². The smallest absolute Gasteiger partial charge is 0.136 e. The molecule has 0 atom stereocenters. The summed E-state index contributed by atoms with van der Waals surface area (Å²) in [4.78, 5) is 8.51. The molecule has 0 saturated carbocycles. The van der Waals surface area contributed by atoms with E-state index in [-0.39, 0.29) is 0 Å². The van der Waals surface area contributed by atoms with Crippen molar-refractivity contribution >= 4 is 33.3 Å². The van der Waals surface area contributed by atoms with E-state index in [1.54, 1.807) is 19.2 Å². The van der Waals surface area contributed by atoms with Crippen molar-refractivity contribution in [2.45, 2.75) is 6.92 Å². The zero-order valence-electron chi connectivity index (χ0n) is 10.5. The summed E-state index contributed by atoms with van der Waals surface area (Å²) >= 11 is 3.34. The van der Waals surface area contributed by atoms with Crippen molar-refractivity contribution < 1.29 is 0 Å². The summed E-state index contributed by atoms with van der Waals surface area (Å²) in [6.07, 6.45) is 0. The summed E-state index contributed by atoms with van der Waals surface area (Å²) in [6, 6.07) is 9.40. The molecule has 0 aliphatic rings. The largest absolute Gasteiger partial charge is 0.373 e. The van der Waals surface area contributed by atoms with Crippen LogP contribution in [0.5, 0.6) is 0 Å². The highest BCUT2D eigenvalue weighted by atomic mass is 79.9. The topological polar surface area (TPSA) is 73.6 Å². The first-order chi connectivity index (χ1) is 9.12. The lowest BCUT2D eigenvalue weighted by Crippen LogP contribution is -2.02. The lowest BCUT2D eigenvalue weighted by Gasteiger charge is -2.09. The van der Waals surface area contributed by atoms with Gasteiger partial charge in [-0.1, -0.05) is 15.9 Å². The Morgan fingerprint density at radius 3 is 2.63 bits per heavy atom. The van der Waals surface area contributed by atoms with Crippen LogP contribution in [-0.4, -0.2) is 17.0 Å². The molecule has 0 aliphatic heterocycles. The quantitative estimate of drug-likeness (QED) is 0.909. The second kappa shape index (κ2) is 5.67. The van der Waals surface area contributed by atoms with Crippen molar-refractivity contribution in [2.75, 3.05) is 17.7 Å². The number of halogens is 1. The van der Waals surface area contributed by atoms with Gasteiger partial charge in [-0.25, -0.2) is 9.97 Å². The van der Waals surface area contributed by atoms with Crippen LogP contribution in [0.2, 0.25) is 0 Å². The van der Waals surface area contributed by atoms with Crippen LogP contribution in [0.3, 0.4) is 0 Å². The third-order valence-electron chi connectivity index (χ3n) is 2.46. The van der Waals surface area contributed by atoms with Gasteiger partial charge in [0, 0.05) is 17.6 Å². The van der Waals surface area contributed by atoms with Crippen LogP contribution in [0, 0.1) is 18.3 Å². The van der Waals surface area contributed by atoms with Crippen molar-refractivity contribution in [1.29, 1.82) is 5.26 Å². The third-order valence-corrected chi connectivity index (χ3v) is 2.95. The SMILES string of the molecule is CNc1cc(Nc2ccc(Br)cc2C#N)nc(C)n1. The average molecular weight is 318 g/mol. The highest BCUT2D eigenvalue weighted by Gasteiger charge is 2.06. The van der Waals surface area contributed by atoms with Crippen molar-refractivity contribution in [3.8, 4) is 6.07 Å². The van der Waals surface area contributed by atoms with Crippen molar-refractivity contribution in [3.05, 3.63) is 40.1 Å². The first kappa shape index (κ1) is 13.3. The van der Waals surface area contributed by atoms with Gasteiger partial charge < -0.3 is 10.6 Å². The monoisotopic (exact) mass is 317 g/mol. The Morgan fingerprint density at radius 1 is 1.21 bits per heavy atom. The average Bonchev–Trinajstić information content (AvgIpc) is 2.40. The number of aromatic nitrogens is 2. The maximum Gasteiger partial charge on any atom is 0.136 e. The van der Waals surface area contributed by atoms with E-state index in [4.69, 9.17) is 5.26 Å². The Kier molecular flexibility index (Phi) is 3.97. The number of rotatable bonds is 3. The molecular formula is C13H12BrN5. The molecule has 0 unspecified atom stereocenters. The second-order valence-electron chi connectivity index (χ2n) is 3.86. The third kappa shape index (κ3) is 3.20. The highest BCUT2D eigenvalue weighted by molar-refractivity contribution is 9.10. The van der Waals surface area contributed by atoms with Gasteiger partial charge in [0.05, 0.1) is 11.3 Å². The van der Waals surface area contributed by atoms with Gasteiger partial charge >= 0.3 is 0 Å². The Hall–Kier alpha value is -2.13. The number of anilines is 3. The van der Waals surface area contributed by atoms with Crippen molar-refractivity contribution in [3.63, 3.8) is 0 Å². The van der Waals surface area contributed by atoms with E-state index in [0.717, 1.165) is 10.3 Å². The van der Waals surface area contributed by atoms with Crippen molar-refractivity contribution in [2.24, 2.45) is 0 Å². The maximum absolute atomic E-state index is 9.12. The van der Waals surface area contributed by atoms with Crippen molar-refractivity contribution in [1.82, 2.24) is 9.97 Å². The Balaban J connectivity index is 2.36. The van der Waals surface area contributed by atoms with Crippen LogP contribution in [0.1, 0.15) is 11.4 Å². The summed E-state index contributed by atoms with van der Waals surface area (Å²) in [5.74, 6) is 2.03. The van der Waals surface area contributed by atoms with Gasteiger partial charge in [-0.2, -0.15) is 5.26 Å².